The standard InChI is InChI=1S/C58H60N3O.Pt/c1-36(2)38-21-23-40(24-22-38)42-27-28-59-50(33-42)44-30-43(31-45(32-44)56(4,5)6)47-19-16-20-52-53(47)60-55(48-34-46(57(7,8)9)35-49(54(48)62)58(10,11)12)61(52)51-26-25-41(29-37(51)3)39-17-14-13-15-18-39;/h13-29,31-36,62H,1-12H3;/q-1;/i3D3,36D;. The molecule has 63 heavy (non-hydrogen) atoms. The summed E-state index contributed by atoms with van der Waals surface area (Å²) in [4.78, 5) is 10.4. The molecule has 0 fully saturated rings. The maximum Gasteiger partial charge on any atom is 0.148 e. The fourth-order valence-electron chi connectivity index (χ4n) is 8.13. The van der Waals surface area contributed by atoms with Crippen LogP contribution in [0.15, 0.2) is 134 Å². The molecule has 0 unspecified atom stereocenters. The molecular weight excluding hydrogens is 950 g/mol. The second-order valence-corrected chi connectivity index (χ2v) is 19.9. The van der Waals surface area contributed by atoms with Gasteiger partial charge in [-0.2, -0.15) is 0 Å². The number of imidazole rings is 1. The molecule has 2 heterocycles. The number of phenols is 1. The number of hydrogen-bond acceptors (Lipinski definition) is 3. The van der Waals surface area contributed by atoms with Crippen molar-refractivity contribution in [1.82, 2.24) is 14.5 Å². The van der Waals surface area contributed by atoms with E-state index in [9.17, 15) is 5.11 Å². The predicted molar refractivity (Wildman–Crippen MR) is 261 cm³/mol. The molecule has 5 heteroatoms. The largest absolute Gasteiger partial charge is 0.507 e. The summed E-state index contributed by atoms with van der Waals surface area (Å²) in [6, 6.07) is 45.8. The van der Waals surface area contributed by atoms with Crippen molar-refractivity contribution in [2.75, 3.05) is 0 Å². The smallest absolute Gasteiger partial charge is 0.148 e. The van der Waals surface area contributed by atoms with Gasteiger partial charge >= 0.3 is 0 Å². The zero-order chi connectivity index (χ0) is 47.7. The van der Waals surface area contributed by atoms with Crippen LogP contribution in [0.3, 0.4) is 0 Å². The third-order valence-electron chi connectivity index (χ3n) is 11.9. The first kappa shape index (κ1) is 40.2. The summed E-state index contributed by atoms with van der Waals surface area (Å²) in [5, 5.41) is 12.4. The van der Waals surface area contributed by atoms with Crippen LogP contribution in [-0.2, 0) is 37.3 Å². The Balaban J connectivity index is 0.00000666. The Labute approximate surface area is 395 Å². The monoisotopic (exact) mass is 1010 g/mol. The van der Waals surface area contributed by atoms with E-state index in [4.69, 9.17) is 15.5 Å². The van der Waals surface area contributed by atoms with Gasteiger partial charge in [0.2, 0.25) is 0 Å². The minimum Gasteiger partial charge on any atom is -0.507 e. The molecule has 0 bridgehead atoms. The minimum absolute atomic E-state index is 0. The molecule has 0 radical (unpaired) electrons. The molecule has 324 valence electrons. The number of hydrogen-bond donors (Lipinski definition) is 1. The first-order valence-corrected chi connectivity index (χ1v) is 21.5. The zero-order valence-corrected chi connectivity index (χ0v) is 40.6. The average molecular weight is 1010 g/mol. The Hall–Kier alpha value is -5.57. The van der Waals surface area contributed by atoms with Crippen molar-refractivity contribution in [1.29, 1.82) is 0 Å². The van der Waals surface area contributed by atoms with Gasteiger partial charge in [-0.3, -0.25) is 9.55 Å². The van der Waals surface area contributed by atoms with Crippen LogP contribution in [0.5, 0.6) is 5.75 Å². The number of pyridine rings is 1. The van der Waals surface area contributed by atoms with Gasteiger partial charge in [-0.15, -0.1) is 29.3 Å². The van der Waals surface area contributed by atoms with Gasteiger partial charge in [-0.05, 0) is 98.3 Å². The molecular formula is C58H60N3OPt-. The number of para-hydroxylation sites is 1. The first-order valence-electron chi connectivity index (χ1n) is 23.5. The molecule has 0 spiro atoms. The van der Waals surface area contributed by atoms with Gasteiger partial charge in [0.05, 0.1) is 22.3 Å². The normalized spacial score (nSPS) is 13.5. The molecule has 0 aliphatic carbocycles. The van der Waals surface area contributed by atoms with E-state index >= 15 is 0 Å². The van der Waals surface area contributed by atoms with Crippen LogP contribution in [0.2, 0.25) is 0 Å². The van der Waals surface area contributed by atoms with Crippen molar-refractivity contribution >= 4 is 11.0 Å². The summed E-state index contributed by atoms with van der Waals surface area (Å²) in [6.07, 6.45) is 1.83. The van der Waals surface area contributed by atoms with Gasteiger partial charge in [0.1, 0.15) is 11.6 Å². The van der Waals surface area contributed by atoms with Gasteiger partial charge in [-0.1, -0.05) is 172 Å². The van der Waals surface area contributed by atoms with Crippen molar-refractivity contribution in [3.8, 4) is 67.5 Å². The molecule has 0 saturated heterocycles. The van der Waals surface area contributed by atoms with Crippen LogP contribution in [0.1, 0.15) is 115 Å². The molecule has 0 aliphatic heterocycles. The SMILES string of the molecule is [2H]C([2H])([2H])c1cc(-c2ccccc2)ccc1-n1c(-c2cc(C(C)(C)C)cc(C(C)(C)C)c2O)nc2c(-c3[c-]c(-c4cc(-c5ccc(C([2H])(C)C)cc5)ccn4)cc(C(C)(C)C)c3)cccc21.[Pt]. The number of nitrogens with zero attached hydrogens (tertiary/aromatic N) is 3. The molecule has 0 aliphatic rings. The van der Waals surface area contributed by atoms with Crippen molar-refractivity contribution in [2.24, 2.45) is 0 Å². The number of aryl methyl sites for hydroxylation is 1. The number of benzene rings is 6. The number of aromatic hydroxyl groups is 1. The van der Waals surface area contributed by atoms with Crippen LogP contribution in [0, 0.1) is 12.9 Å². The molecule has 0 atom stereocenters. The molecule has 1 N–H and O–H groups in total. The van der Waals surface area contributed by atoms with E-state index in [-0.39, 0.29) is 43.2 Å². The fourth-order valence-corrected chi connectivity index (χ4v) is 8.13. The van der Waals surface area contributed by atoms with Crippen LogP contribution < -0.4 is 0 Å². The molecule has 2 aromatic heterocycles. The van der Waals surface area contributed by atoms with E-state index in [1.807, 2.05) is 110 Å². The van der Waals surface area contributed by atoms with E-state index in [2.05, 4.69) is 105 Å². The Morgan fingerprint density at radius 1 is 0.635 bits per heavy atom. The summed E-state index contributed by atoms with van der Waals surface area (Å²) in [5.74, 6) is -0.152. The zero-order valence-electron chi connectivity index (χ0n) is 42.3. The van der Waals surface area contributed by atoms with Crippen LogP contribution in [0.25, 0.3) is 72.7 Å². The van der Waals surface area contributed by atoms with Crippen LogP contribution >= 0.6 is 0 Å². The van der Waals surface area contributed by atoms with Gasteiger partial charge in [0, 0.05) is 44.0 Å². The molecule has 0 saturated carbocycles. The van der Waals surface area contributed by atoms with E-state index in [1.165, 1.54) is 0 Å². The third-order valence-corrected chi connectivity index (χ3v) is 11.9. The van der Waals surface area contributed by atoms with E-state index in [0.29, 0.717) is 28.1 Å². The number of phenolic OH excluding ortho intramolecular Hbond substituents is 1. The fraction of sp³-hybridized carbons (Fsp3) is 0.276. The maximum atomic E-state index is 12.4. The molecule has 8 aromatic rings. The van der Waals surface area contributed by atoms with Gasteiger partial charge in [0.15, 0.2) is 0 Å². The van der Waals surface area contributed by atoms with Crippen molar-refractivity contribution in [2.45, 2.75) is 105 Å². The maximum absolute atomic E-state index is 12.4. The summed E-state index contributed by atoms with van der Waals surface area (Å²) in [6.45, 7) is 20.6. The average Bonchev–Trinajstić information content (AvgIpc) is 3.64. The Morgan fingerprint density at radius 2 is 1.27 bits per heavy atom. The number of fused-ring (bicyclic) bond motifs is 1. The van der Waals surface area contributed by atoms with Gasteiger partial charge in [0.25, 0.3) is 0 Å². The molecule has 0 amide bonds. The summed E-state index contributed by atoms with van der Waals surface area (Å²) >= 11 is 0. The van der Waals surface area contributed by atoms with E-state index < -0.39 is 18.2 Å². The second kappa shape index (κ2) is 17.2. The molecule has 6 aromatic carbocycles. The first-order chi connectivity index (χ1) is 30.8. The number of aromatic nitrogens is 3. The van der Waals surface area contributed by atoms with Crippen molar-refractivity contribution in [3.05, 3.63) is 167 Å². The quantitative estimate of drug-likeness (QED) is 0.162. The van der Waals surface area contributed by atoms with E-state index in [1.54, 1.807) is 6.07 Å². The summed E-state index contributed by atoms with van der Waals surface area (Å²) in [7, 11) is 0. The minimum atomic E-state index is -2.50. The van der Waals surface area contributed by atoms with Crippen LogP contribution in [-0.4, -0.2) is 19.6 Å². The predicted octanol–water partition coefficient (Wildman–Crippen LogP) is 15.6. The topological polar surface area (TPSA) is 50.9 Å². The molecule has 4 nitrogen and oxygen atoms in total. The third kappa shape index (κ3) is 9.11. The second-order valence-electron chi connectivity index (χ2n) is 19.9. The molecule has 8 rings (SSSR count). The van der Waals surface area contributed by atoms with Gasteiger partial charge < -0.3 is 5.11 Å². The van der Waals surface area contributed by atoms with Crippen molar-refractivity contribution in [3.63, 3.8) is 0 Å². The van der Waals surface area contributed by atoms with Crippen molar-refractivity contribution < 1.29 is 31.7 Å². The Kier molecular flexibility index (Phi) is 11.0. The summed E-state index contributed by atoms with van der Waals surface area (Å²) in [5.41, 5.74) is 12.3. The van der Waals surface area contributed by atoms with Crippen LogP contribution in [0.4, 0.5) is 0 Å². The summed E-state index contributed by atoms with van der Waals surface area (Å²) < 4.78 is 37.2. The van der Waals surface area contributed by atoms with E-state index in [0.717, 1.165) is 66.9 Å². The van der Waals surface area contributed by atoms with Gasteiger partial charge in [-0.25, -0.2) is 4.98 Å². The Bertz CT molecular complexity index is 3110. The number of rotatable bonds is 7. The Morgan fingerprint density at radius 3 is 1.92 bits per heavy atom.